The minimum Gasteiger partial charge on any atom is -0.323 e. The largest absolute Gasteiger partial charge is 0.342 e. The highest BCUT2D eigenvalue weighted by atomic mass is 32.2. The van der Waals surface area contributed by atoms with E-state index in [0.717, 1.165) is 0 Å². The molecule has 4 N–H and O–H groups in total. The molecular weight excluding hydrogens is 189 g/mol. The quantitative estimate of drug-likeness (QED) is 0.518. The Bertz CT molecular complexity index is 191. The van der Waals surface area contributed by atoms with Gasteiger partial charge in [0.1, 0.15) is 5.78 Å². The normalized spacial score (nSPS) is 17.8. The van der Waals surface area contributed by atoms with Crippen molar-refractivity contribution in [3.05, 3.63) is 0 Å². The summed E-state index contributed by atoms with van der Waals surface area (Å²) in [6.07, 6.45) is 1.56. The van der Waals surface area contributed by atoms with Crippen LogP contribution in [0.1, 0.15) is 6.42 Å². The van der Waals surface area contributed by atoms with E-state index >= 15 is 0 Å². The van der Waals surface area contributed by atoms with Crippen molar-refractivity contribution in [1.82, 2.24) is 0 Å². The number of rotatable bonds is 4. The van der Waals surface area contributed by atoms with E-state index in [4.69, 9.17) is 15.5 Å². The van der Waals surface area contributed by atoms with E-state index in [-0.39, 0.29) is 12.2 Å². The van der Waals surface area contributed by atoms with Crippen molar-refractivity contribution in [3.8, 4) is 0 Å². The zero-order chi connectivity index (χ0) is 9.07. The molecular formula is C4H12NO4PS. The topological polar surface area (TPSA) is 101 Å². The fraction of sp³-hybridized carbons (Fsp3) is 1.00. The second kappa shape index (κ2) is 4.33. The van der Waals surface area contributed by atoms with Crippen LogP contribution in [0.3, 0.4) is 0 Å². The van der Waals surface area contributed by atoms with Crippen molar-refractivity contribution < 1.29 is 18.6 Å². The summed E-state index contributed by atoms with van der Waals surface area (Å²) in [5, 5.41) is 0. The van der Waals surface area contributed by atoms with Gasteiger partial charge < -0.3 is 15.5 Å². The first kappa shape index (κ1) is 11.3. The second-order valence-corrected chi connectivity index (χ2v) is 5.62. The van der Waals surface area contributed by atoms with Crippen LogP contribution in [0, 0.1) is 0 Å². The van der Waals surface area contributed by atoms with Crippen molar-refractivity contribution in [2.45, 2.75) is 12.2 Å². The molecule has 0 bridgehead atoms. The lowest BCUT2D eigenvalue weighted by Gasteiger charge is -2.11. The Labute approximate surface area is 67.6 Å². The summed E-state index contributed by atoms with van der Waals surface area (Å²) < 4.78 is 20.9. The van der Waals surface area contributed by atoms with Gasteiger partial charge in [-0.2, -0.15) is 0 Å². The zero-order valence-corrected chi connectivity index (χ0v) is 7.85. The van der Waals surface area contributed by atoms with Gasteiger partial charge in [0.2, 0.25) is 0 Å². The molecule has 0 aliphatic heterocycles. The van der Waals surface area contributed by atoms with Crippen molar-refractivity contribution in [2.75, 3.05) is 12.0 Å². The molecule has 2 unspecified atom stereocenters. The average Bonchev–Trinajstić information content (AvgIpc) is 1.80. The van der Waals surface area contributed by atoms with Gasteiger partial charge in [0.05, 0.1) is 0 Å². The van der Waals surface area contributed by atoms with E-state index in [1.54, 1.807) is 0 Å². The Hall–Kier alpha value is 0.260. The highest BCUT2D eigenvalue weighted by Gasteiger charge is 2.23. The van der Waals surface area contributed by atoms with Crippen LogP contribution >= 0.6 is 7.60 Å². The molecule has 0 aliphatic carbocycles. The predicted molar refractivity (Wildman–Crippen MR) is 43.6 cm³/mol. The Kier molecular flexibility index (Phi) is 4.43. The van der Waals surface area contributed by atoms with Crippen LogP contribution in [-0.4, -0.2) is 31.8 Å². The monoisotopic (exact) mass is 201 g/mol. The second-order valence-electron chi connectivity index (χ2n) is 2.22. The summed E-state index contributed by atoms with van der Waals surface area (Å²) in [5.41, 5.74) is 5.10. The molecule has 0 aromatic rings. The van der Waals surface area contributed by atoms with Crippen LogP contribution in [0.2, 0.25) is 0 Å². The smallest absolute Gasteiger partial charge is 0.323 e. The molecule has 0 aromatic carbocycles. The summed E-state index contributed by atoms with van der Waals surface area (Å²) in [4.78, 5) is 17.0. The molecule has 0 aromatic heterocycles. The summed E-state index contributed by atoms with van der Waals surface area (Å²) in [5.74, 6) is -0.946. The van der Waals surface area contributed by atoms with Gasteiger partial charge in [-0.15, -0.1) is 0 Å². The van der Waals surface area contributed by atoms with E-state index in [9.17, 15) is 8.77 Å². The van der Waals surface area contributed by atoms with Gasteiger partial charge in [-0.1, -0.05) is 0 Å². The first-order valence-electron chi connectivity index (χ1n) is 2.95. The molecule has 0 heterocycles. The van der Waals surface area contributed by atoms with E-state index in [2.05, 4.69) is 0 Å². The van der Waals surface area contributed by atoms with Crippen LogP contribution in [0.4, 0.5) is 0 Å². The molecule has 0 amide bonds. The van der Waals surface area contributed by atoms with Crippen LogP contribution in [-0.2, 0) is 15.4 Å². The standard InChI is InChI=1S/C4H12NO4PS/c1-11(9)3-2-4(5)10(6,7)8/h4H,2-3,5H2,1H3,(H2,6,7,8). The van der Waals surface area contributed by atoms with E-state index in [1.807, 2.05) is 0 Å². The van der Waals surface area contributed by atoms with Crippen LogP contribution in [0.5, 0.6) is 0 Å². The molecule has 0 spiro atoms. The third-order valence-electron chi connectivity index (χ3n) is 1.13. The van der Waals surface area contributed by atoms with Crippen LogP contribution < -0.4 is 5.73 Å². The Morgan fingerprint density at radius 2 is 2.09 bits per heavy atom. The maximum absolute atomic E-state index is 10.5. The van der Waals surface area contributed by atoms with Crippen molar-refractivity contribution in [2.24, 2.45) is 5.73 Å². The summed E-state index contributed by atoms with van der Waals surface area (Å²) >= 11 is 0. The molecule has 0 rings (SSSR count). The Morgan fingerprint density at radius 3 is 2.36 bits per heavy atom. The van der Waals surface area contributed by atoms with E-state index in [1.165, 1.54) is 6.26 Å². The molecule has 11 heavy (non-hydrogen) atoms. The molecule has 0 saturated carbocycles. The van der Waals surface area contributed by atoms with Gasteiger partial charge in [0, 0.05) is 22.8 Å². The maximum Gasteiger partial charge on any atom is 0.342 e. The Morgan fingerprint density at radius 1 is 1.64 bits per heavy atom. The predicted octanol–water partition coefficient (Wildman–Crippen LogP) is -0.782. The third kappa shape index (κ3) is 5.52. The van der Waals surface area contributed by atoms with Crippen LogP contribution in [0.25, 0.3) is 0 Å². The van der Waals surface area contributed by atoms with Gasteiger partial charge in [0.25, 0.3) is 0 Å². The fourth-order valence-electron chi connectivity index (χ4n) is 0.455. The molecule has 7 heteroatoms. The zero-order valence-electron chi connectivity index (χ0n) is 6.14. The van der Waals surface area contributed by atoms with Gasteiger partial charge >= 0.3 is 7.60 Å². The number of hydrogen-bond donors (Lipinski definition) is 3. The molecule has 2 atom stereocenters. The maximum atomic E-state index is 10.5. The van der Waals surface area contributed by atoms with E-state index in [0.29, 0.717) is 0 Å². The fourth-order valence-corrected chi connectivity index (χ4v) is 1.68. The molecule has 0 saturated heterocycles. The highest BCUT2D eigenvalue weighted by molar-refractivity contribution is 7.84. The lowest BCUT2D eigenvalue weighted by atomic mass is 10.5. The van der Waals surface area contributed by atoms with Gasteiger partial charge in [-0.25, -0.2) is 0 Å². The highest BCUT2D eigenvalue weighted by Crippen LogP contribution is 2.39. The molecule has 0 radical (unpaired) electrons. The number of nitrogens with two attached hydrogens (primary N) is 1. The summed E-state index contributed by atoms with van der Waals surface area (Å²) in [6, 6.07) is 0. The third-order valence-corrected chi connectivity index (χ3v) is 3.07. The SMILES string of the molecule is CS(=O)CCC(N)P(=O)(O)O. The number of hydrogen-bond acceptors (Lipinski definition) is 3. The molecule has 0 fully saturated rings. The van der Waals surface area contributed by atoms with Crippen molar-refractivity contribution in [3.63, 3.8) is 0 Å². The summed E-state index contributed by atoms with van der Waals surface area (Å²) in [7, 11) is -5.21. The molecule has 68 valence electrons. The molecule has 5 nitrogen and oxygen atoms in total. The van der Waals surface area contributed by atoms with Crippen molar-refractivity contribution in [1.29, 1.82) is 0 Å². The van der Waals surface area contributed by atoms with Crippen molar-refractivity contribution >= 4 is 18.4 Å². The first-order valence-corrected chi connectivity index (χ1v) is 6.35. The lowest BCUT2D eigenvalue weighted by molar-refractivity contribution is 0.357. The van der Waals surface area contributed by atoms with Gasteiger partial charge in [0.15, 0.2) is 0 Å². The first-order chi connectivity index (χ1) is 4.84. The van der Waals surface area contributed by atoms with Gasteiger partial charge in [-0.05, 0) is 6.42 Å². The minimum atomic E-state index is -4.17. The molecule has 0 aliphatic rings. The average molecular weight is 201 g/mol. The minimum absolute atomic E-state index is 0.0907. The lowest BCUT2D eigenvalue weighted by Crippen LogP contribution is -2.22. The van der Waals surface area contributed by atoms with Crippen LogP contribution in [0.15, 0.2) is 0 Å². The van der Waals surface area contributed by atoms with E-state index < -0.39 is 24.2 Å². The Balaban J connectivity index is 3.80. The summed E-state index contributed by atoms with van der Waals surface area (Å²) in [6.45, 7) is 0. The van der Waals surface area contributed by atoms with Gasteiger partial charge in [-0.3, -0.25) is 8.77 Å².